The molecule has 0 amide bonds. The van der Waals surface area contributed by atoms with Crippen LogP contribution in [-0.4, -0.2) is 22.4 Å². The third kappa shape index (κ3) is 4.31. The first-order valence-corrected chi connectivity index (χ1v) is 7.18. The fourth-order valence-electron chi connectivity index (χ4n) is 2.21. The van der Waals surface area contributed by atoms with E-state index in [1.54, 1.807) is 12.3 Å². The highest BCUT2D eigenvalue weighted by molar-refractivity contribution is 5.79. The Morgan fingerprint density at radius 2 is 2.19 bits per heavy atom. The molecule has 4 heteroatoms. The largest absolute Gasteiger partial charge is 0.392 e. The zero-order chi connectivity index (χ0) is 14.9. The van der Waals surface area contributed by atoms with Crippen molar-refractivity contribution in [3.63, 3.8) is 0 Å². The van der Waals surface area contributed by atoms with Gasteiger partial charge >= 0.3 is 0 Å². The van der Waals surface area contributed by atoms with Crippen molar-refractivity contribution in [3.05, 3.63) is 66.8 Å². The fraction of sp³-hybridized carbons (Fsp3) is 0.294. The molecule has 1 atom stereocenters. The van der Waals surface area contributed by atoms with Crippen molar-refractivity contribution in [3.8, 4) is 0 Å². The molecule has 0 spiro atoms. The van der Waals surface area contributed by atoms with Gasteiger partial charge in [-0.05, 0) is 17.5 Å². The van der Waals surface area contributed by atoms with Crippen LogP contribution in [0.2, 0.25) is 0 Å². The topological polar surface area (TPSA) is 39.4 Å². The van der Waals surface area contributed by atoms with E-state index < -0.39 is 0 Å². The number of hydrogen-bond donors (Lipinski definition) is 0. The molecule has 1 aromatic heterocycles. The van der Waals surface area contributed by atoms with E-state index in [0.717, 1.165) is 18.4 Å². The van der Waals surface area contributed by atoms with Gasteiger partial charge < -0.3 is 9.40 Å². The second kappa shape index (κ2) is 8.04. The number of imidazole rings is 1. The van der Waals surface area contributed by atoms with E-state index in [2.05, 4.69) is 52.5 Å². The molecule has 0 radical (unpaired) electrons. The average Bonchev–Trinajstić information content (AvgIpc) is 3.04. The summed E-state index contributed by atoms with van der Waals surface area (Å²) < 4.78 is 2.15. The minimum atomic E-state index is 0.334. The third-order valence-electron chi connectivity index (χ3n) is 3.24. The summed E-state index contributed by atoms with van der Waals surface area (Å²) in [5.74, 6) is 0. The molecule has 0 aliphatic rings. The molecule has 110 valence electrons. The Morgan fingerprint density at radius 3 is 2.81 bits per heavy atom. The smallest absolute Gasteiger partial charge is 0.135 e. The number of rotatable bonds is 8. The lowest BCUT2D eigenvalue weighted by Crippen LogP contribution is -2.08. The molecule has 0 saturated heterocycles. The summed E-state index contributed by atoms with van der Waals surface area (Å²) in [6, 6.07) is 8.70. The highest BCUT2D eigenvalue weighted by Crippen LogP contribution is 2.23. The molecular weight excluding hydrogens is 262 g/mol. The van der Waals surface area contributed by atoms with Crippen molar-refractivity contribution in [1.29, 1.82) is 0 Å². The van der Waals surface area contributed by atoms with Gasteiger partial charge in [-0.1, -0.05) is 55.4 Å². The molecule has 1 heterocycles. The highest BCUT2D eigenvalue weighted by atomic mass is 16.6. The Balaban J connectivity index is 2.09. The minimum Gasteiger partial charge on any atom is -0.392 e. The Labute approximate surface area is 125 Å². The quantitative estimate of drug-likeness (QED) is 0.320. The van der Waals surface area contributed by atoms with Crippen LogP contribution >= 0.6 is 0 Å². The molecule has 0 saturated carbocycles. The van der Waals surface area contributed by atoms with Crippen LogP contribution < -0.4 is 0 Å². The second-order valence-electron chi connectivity index (χ2n) is 4.80. The fourth-order valence-corrected chi connectivity index (χ4v) is 2.21. The van der Waals surface area contributed by atoms with E-state index in [1.807, 2.05) is 18.7 Å². The molecule has 0 aliphatic carbocycles. The van der Waals surface area contributed by atoms with Crippen LogP contribution in [0.1, 0.15) is 36.9 Å². The summed E-state index contributed by atoms with van der Waals surface area (Å²) in [5.41, 5.74) is 2.29. The molecule has 2 aromatic rings. The number of oxime groups is 1. The van der Waals surface area contributed by atoms with Crippen LogP contribution in [0.25, 0.3) is 0 Å². The van der Waals surface area contributed by atoms with Crippen molar-refractivity contribution < 1.29 is 4.84 Å². The van der Waals surface area contributed by atoms with Crippen LogP contribution in [0, 0.1) is 0 Å². The van der Waals surface area contributed by atoms with E-state index in [-0.39, 0.29) is 0 Å². The van der Waals surface area contributed by atoms with Crippen LogP contribution in [0.5, 0.6) is 0 Å². The molecule has 0 bridgehead atoms. The predicted octanol–water partition coefficient (Wildman–Crippen LogP) is 3.81. The summed E-state index contributed by atoms with van der Waals surface area (Å²) in [7, 11) is 0. The summed E-state index contributed by atoms with van der Waals surface area (Å²) in [6.07, 6.45) is 11.3. The van der Waals surface area contributed by atoms with Gasteiger partial charge in [0, 0.05) is 12.4 Å². The molecule has 2 rings (SSSR count). The highest BCUT2D eigenvalue weighted by Gasteiger charge is 2.11. The molecule has 0 aliphatic heterocycles. The van der Waals surface area contributed by atoms with Gasteiger partial charge in [0.15, 0.2) is 0 Å². The maximum atomic E-state index is 5.00. The monoisotopic (exact) mass is 283 g/mol. The van der Waals surface area contributed by atoms with Gasteiger partial charge in [0.05, 0.1) is 18.6 Å². The van der Waals surface area contributed by atoms with E-state index in [9.17, 15) is 0 Å². The predicted molar refractivity (Wildman–Crippen MR) is 85.5 cm³/mol. The Kier molecular flexibility index (Phi) is 5.76. The summed E-state index contributed by atoms with van der Waals surface area (Å²) in [4.78, 5) is 9.14. The summed E-state index contributed by atoms with van der Waals surface area (Å²) in [6.45, 7) is 6.19. The van der Waals surface area contributed by atoms with Crippen LogP contribution in [0.3, 0.4) is 0 Å². The lowest BCUT2D eigenvalue weighted by molar-refractivity contribution is 0.176. The average molecular weight is 283 g/mol. The van der Waals surface area contributed by atoms with Gasteiger partial charge in [-0.15, -0.1) is 0 Å². The van der Waals surface area contributed by atoms with Crippen molar-refractivity contribution in [2.24, 2.45) is 5.16 Å². The molecule has 1 unspecified atom stereocenters. The van der Waals surface area contributed by atoms with E-state index >= 15 is 0 Å². The molecular formula is C17H21N3O. The Hall–Kier alpha value is -2.36. The first-order chi connectivity index (χ1) is 10.3. The van der Waals surface area contributed by atoms with Gasteiger partial charge in [0.1, 0.15) is 6.61 Å². The van der Waals surface area contributed by atoms with Crippen molar-refractivity contribution in [2.75, 3.05) is 6.61 Å². The van der Waals surface area contributed by atoms with E-state index in [1.165, 1.54) is 5.56 Å². The molecule has 4 nitrogen and oxygen atoms in total. The van der Waals surface area contributed by atoms with Crippen molar-refractivity contribution in [1.82, 2.24) is 9.55 Å². The maximum absolute atomic E-state index is 5.00. The van der Waals surface area contributed by atoms with Crippen molar-refractivity contribution >= 4 is 6.21 Å². The number of nitrogens with zero attached hydrogens (tertiary/aromatic N) is 3. The third-order valence-corrected chi connectivity index (χ3v) is 3.24. The first-order valence-electron chi connectivity index (χ1n) is 7.18. The lowest BCUT2D eigenvalue weighted by Gasteiger charge is -2.18. The Morgan fingerprint density at radius 1 is 1.38 bits per heavy atom. The van der Waals surface area contributed by atoms with Crippen LogP contribution in [0.4, 0.5) is 0 Å². The molecule has 0 N–H and O–H groups in total. The van der Waals surface area contributed by atoms with Gasteiger partial charge in [-0.3, -0.25) is 0 Å². The SMILES string of the molecule is C=CCO/N=C/c1ccc(C(CCC)n2ccnc2)cc1. The van der Waals surface area contributed by atoms with Gasteiger partial charge in [0.2, 0.25) is 0 Å². The summed E-state index contributed by atoms with van der Waals surface area (Å²) in [5, 5.41) is 3.88. The van der Waals surface area contributed by atoms with Crippen LogP contribution in [0.15, 0.2) is 60.8 Å². The van der Waals surface area contributed by atoms with Gasteiger partial charge in [-0.2, -0.15) is 0 Å². The maximum Gasteiger partial charge on any atom is 0.135 e. The standard InChI is InChI=1S/C17H21N3O/c1-3-5-17(20-11-10-18-14-20)16-8-6-15(7-9-16)13-19-21-12-4-2/h4,6-11,13-14,17H,2-3,5,12H2,1H3/b19-13+. The normalized spacial score (nSPS) is 12.4. The number of benzene rings is 1. The molecule has 0 fully saturated rings. The Bertz CT molecular complexity index is 558. The lowest BCUT2D eigenvalue weighted by atomic mass is 10.0. The van der Waals surface area contributed by atoms with E-state index in [0.29, 0.717) is 12.6 Å². The van der Waals surface area contributed by atoms with Gasteiger partial charge in [-0.25, -0.2) is 4.98 Å². The molecule has 21 heavy (non-hydrogen) atoms. The second-order valence-corrected chi connectivity index (χ2v) is 4.80. The minimum absolute atomic E-state index is 0.334. The van der Waals surface area contributed by atoms with E-state index in [4.69, 9.17) is 4.84 Å². The summed E-state index contributed by atoms with van der Waals surface area (Å²) >= 11 is 0. The number of aromatic nitrogens is 2. The molecule has 1 aromatic carbocycles. The van der Waals surface area contributed by atoms with Crippen molar-refractivity contribution in [2.45, 2.75) is 25.8 Å². The zero-order valence-corrected chi connectivity index (χ0v) is 12.4. The number of hydrogen-bond acceptors (Lipinski definition) is 3. The zero-order valence-electron chi connectivity index (χ0n) is 12.4. The first kappa shape index (κ1) is 15.0. The van der Waals surface area contributed by atoms with Gasteiger partial charge in [0.25, 0.3) is 0 Å². The van der Waals surface area contributed by atoms with Crippen LogP contribution in [-0.2, 0) is 4.84 Å².